The molecule has 6 heteroatoms. The van der Waals surface area contributed by atoms with Crippen LogP contribution in [0.3, 0.4) is 0 Å². The highest BCUT2D eigenvalue weighted by Crippen LogP contribution is 2.22. The number of aromatic nitrogens is 1. The molecule has 0 aliphatic carbocycles. The van der Waals surface area contributed by atoms with Gasteiger partial charge in [0.1, 0.15) is 22.9 Å². The SMILES string of the molecule is Nc1nc(COc2ccccc2)c(C(=O)O)s1. The third-order valence-corrected chi connectivity index (χ3v) is 2.94. The van der Waals surface area contributed by atoms with E-state index in [-0.39, 0.29) is 16.6 Å². The van der Waals surface area contributed by atoms with Crippen LogP contribution < -0.4 is 10.5 Å². The van der Waals surface area contributed by atoms with Gasteiger partial charge in [-0.25, -0.2) is 9.78 Å². The zero-order chi connectivity index (χ0) is 12.3. The smallest absolute Gasteiger partial charge is 0.348 e. The summed E-state index contributed by atoms with van der Waals surface area (Å²) in [4.78, 5) is 15.0. The Labute approximate surface area is 101 Å². The first-order valence-corrected chi connectivity index (χ1v) is 5.65. The molecule has 3 N–H and O–H groups in total. The van der Waals surface area contributed by atoms with Gasteiger partial charge in [0.15, 0.2) is 5.13 Å². The molecule has 0 saturated carbocycles. The number of hydrogen-bond acceptors (Lipinski definition) is 5. The first-order chi connectivity index (χ1) is 8.16. The van der Waals surface area contributed by atoms with Crippen molar-refractivity contribution >= 4 is 22.4 Å². The van der Waals surface area contributed by atoms with Crippen molar-refractivity contribution in [3.63, 3.8) is 0 Å². The standard InChI is InChI=1S/C11H10N2O3S/c12-11-13-8(9(17-11)10(14)15)6-16-7-4-2-1-3-5-7/h1-5H,6H2,(H2,12,13)(H,14,15). The van der Waals surface area contributed by atoms with Crippen molar-refractivity contribution < 1.29 is 14.6 Å². The molecule has 0 unspecified atom stereocenters. The number of ether oxygens (including phenoxy) is 1. The van der Waals surface area contributed by atoms with Crippen LogP contribution in [0.15, 0.2) is 30.3 Å². The minimum atomic E-state index is -1.04. The molecule has 0 radical (unpaired) electrons. The summed E-state index contributed by atoms with van der Waals surface area (Å²) >= 11 is 0.945. The van der Waals surface area contributed by atoms with Crippen LogP contribution in [-0.2, 0) is 6.61 Å². The molecule has 1 aromatic heterocycles. The van der Waals surface area contributed by atoms with Gasteiger partial charge in [0.05, 0.1) is 0 Å². The van der Waals surface area contributed by atoms with E-state index < -0.39 is 5.97 Å². The quantitative estimate of drug-likeness (QED) is 0.866. The molecule has 0 amide bonds. The fourth-order valence-corrected chi connectivity index (χ4v) is 1.98. The van der Waals surface area contributed by atoms with Gasteiger partial charge in [-0.05, 0) is 12.1 Å². The molecule has 1 heterocycles. The lowest BCUT2D eigenvalue weighted by Gasteiger charge is -2.03. The van der Waals surface area contributed by atoms with Gasteiger partial charge in [-0.15, -0.1) is 0 Å². The number of carboxylic acids is 1. The van der Waals surface area contributed by atoms with Crippen molar-refractivity contribution in [2.45, 2.75) is 6.61 Å². The Morgan fingerprint density at radius 1 is 1.41 bits per heavy atom. The van der Waals surface area contributed by atoms with Crippen LogP contribution in [0.1, 0.15) is 15.4 Å². The number of carboxylic acid groups (broad SMARTS) is 1. The van der Waals surface area contributed by atoms with E-state index in [1.807, 2.05) is 18.2 Å². The van der Waals surface area contributed by atoms with Gasteiger partial charge >= 0.3 is 5.97 Å². The lowest BCUT2D eigenvalue weighted by Crippen LogP contribution is -2.03. The van der Waals surface area contributed by atoms with Crippen LogP contribution in [0.4, 0.5) is 5.13 Å². The highest BCUT2D eigenvalue weighted by atomic mass is 32.1. The maximum atomic E-state index is 10.9. The fourth-order valence-electron chi connectivity index (χ4n) is 1.30. The first kappa shape index (κ1) is 11.4. The average molecular weight is 250 g/mol. The van der Waals surface area contributed by atoms with Crippen LogP contribution in [0.5, 0.6) is 5.75 Å². The van der Waals surface area contributed by atoms with E-state index in [0.29, 0.717) is 11.4 Å². The highest BCUT2D eigenvalue weighted by Gasteiger charge is 2.16. The number of nitrogens with zero attached hydrogens (tertiary/aromatic N) is 1. The van der Waals surface area contributed by atoms with Gasteiger partial charge < -0.3 is 15.6 Å². The number of anilines is 1. The Kier molecular flexibility index (Phi) is 3.24. The first-order valence-electron chi connectivity index (χ1n) is 4.83. The van der Waals surface area contributed by atoms with Crippen molar-refractivity contribution in [3.05, 3.63) is 40.9 Å². The van der Waals surface area contributed by atoms with Gasteiger partial charge in [-0.3, -0.25) is 0 Å². The summed E-state index contributed by atoms with van der Waals surface area (Å²) in [6, 6.07) is 9.12. The number of aromatic carboxylic acids is 1. The summed E-state index contributed by atoms with van der Waals surface area (Å²) in [5.41, 5.74) is 5.83. The van der Waals surface area contributed by atoms with Gasteiger partial charge in [0.2, 0.25) is 0 Å². The predicted octanol–water partition coefficient (Wildman–Crippen LogP) is 2.00. The topological polar surface area (TPSA) is 85.4 Å². The molecular weight excluding hydrogens is 240 g/mol. The highest BCUT2D eigenvalue weighted by molar-refractivity contribution is 7.17. The number of carbonyl (C=O) groups is 1. The summed E-state index contributed by atoms with van der Waals surface area (Å²) in [6.45, 7) is 0.0966. The Bertz CT molecular complexity index is 525. The van der Waals surface area contributed by atoms with E-state index in [1.54, 1.807) is 12.1 Å². The Morgan fingerprint density at radius 2 is 2.12 bits per heavy atom. The van der Waals surface area contributed by atoms with Crippen LogP contribution in [0, 0.1) is 0 Å². The maximum Gasteiger partial charge on any atom is 0.348 e. The summed E-state index contributed by atoms with van der Waals surface area (Å²) < 4.78 is 5.42. The third kappa shape index (κ3) is 2.73. The van der Waals surface area contributed by atoms with Gasteiger partial charge in [0.25, 0.3) is 0 Å². The molecule has 0 bridgehead atoms. The van der Waals surface area contributed by atoms with Gasteiger partial charge in [0, 0.05) is 0 Å². The van der Waals surface area contributed by atoms with Crippen molar-refractivity contribution in [3.8, 4) is 5.75 Å². The van der Waals surface area contributed by atoms with Crippen LogP contribution in [0.2, 0.25) is 0 Å². The van der Waals surface area contributed by atoms with Crippen LogP contribution >= 0.6 is 11.3 Å². The number of rotatable bonds is 4. The van der Waals surface area contributed by atoms with E-state index in [0.717, 1.165) is 11.3 Å². The van der Waals surface area contributed by atoms with Crippen molar-refractivity contribution in [2.24, 2.45) is 0 Å². The monoisotopic (exact) mass is 250 g/mol. The minimum absolute atomic E-state index is 0.0966. The van der Waals surface area contributed by atoms with Crippen LogP contribution in [0.25, 0.3) is 0 Å². The van der Waals surface area contributed by atoms with Crippen molar-refractivity contribution in [2.75, 3.05) is 5.73 Å². The maximum absolute atomic E-state index is 10.9. The molecule has 2 aromatic rings. The minimum Gasteiger partial charge on any atom is -0.487 e. The lowest BCUT2D eigenvalue weighted by atomic mass is 10.3. The molecule has 0 spiro atoms. The molecule has 2 rings (SSSR count). The number of thiazole rings is 1. The van der Waals surface area contributed by atoms with Gasteiger partial charge in [-0.2, -0.15) is 0 Å². The molecule has 0 saturated heterocycles. The second-order valence-corrected chi connectivity index (χ2v) is 4.27. The number of benzene rings is 1. The van der Waals surface area contributed by atoms with E-state index in [1.165, 1.54) is 0 Å². The molecule has 0 aliphatic heterocycles. The molecule has 0 atom stereocenters. The number of hydrogen-bond donors (Lipinski definition) is 2. The molecule has 17 heavy (non-hydrogen) atoms. The molecule has 0 aliphatic rings. The van der Waals surface area contributed by atoms with E-state index in [2.05, 4.69) is 4.98 Å². The summed E-state index contributed by atoms with van der Waals surface area (Å²) in [5.74, 6) is -0.374. The summed E-state index contributed by atoms with van der Waals surface area (Å²) in [6.07, 6.45) is 0. The fraction of sp³-hybridized carbons (Fsp3) is 0.0909. The number of para-hydroxylation sites is 1. The second-order valence-electron chi connectivity index (χ2n) is 3.23. The lowest BCUT2D eigenvalue weighted by molar-refractivity contribution is 0.0699. The third-order valence-electron chi connectivity index (χ3n) is 2.03. The molecule has 1 aromatic carbocycles. The Hall–Kier alpha value is -2.08. The molecule has 88 valence electrons. The van der Waals surface area contributed by atoms with Crippen molar-refractivity contribution in [1.29, 1.82) is 0 Å². The zero-order valence-corrected chi connectivity index (χ0v) is 9.61. The Balaban J connectivity index is 2.11. The van der Waals surface area contributed by atoms with Gasteiger partial charge in [-0.1, -0.05) is 29.5 Å². The average Bonchev–Trinajstić information content (AvgIpc) is 2.69. The van der Waals surface area contributed by atoms with E-state index in [9.17, 15) is 4.79 Å². The normalized spacial score (nSPS) is 10.1. The predicted molar refractivity (Wildman–Crippen MR) is 64.3 cm³/mol. The number of nitrogen functional groups attached to an aromatic ring is 1. The largest absolute Gasteiger partial charge is 0.487 e. The Morgan fingerprint density at radius 3 is 2.76 bits per heavy atom. The summed E-state index contributed by atoms with van der Waals surface area (Å²) in [5, 5.41) is 9.17. The number of nitrogens with two attached hydrogens (primary N) is 1. The molecule has 5 nitrogen and oxygen atoms in total. The van der Waals surface area contributed by atoms with Crippen molar-refractivity contribution in [1.82, 2.24) is 4.98 Å². The van der Waals surface area contributed by atoms with E-state index in [4.69, 9.17) is 15.6 Å². The zero-order valence-electron chi connectivity index (χ0n) is 8.79. The second kappa shape index (κ2) is 4.84. The molecule has 0 fully saturated rings. The molecular formula is C11H10N2O3S. The summed E-state index contributed by atoms with van der Waals surface area (Å²) in [7, 11) is 0. The van der Waals surface area contributed by atoms with E-state index >= 15 is 0 Å². The van der Waals surface area contributed by atoms with Crippen LogP contribution in [-0.4, -0.2) is 16.1 Å².